The molecule has 0 radical (unpaired) electrons. The van der Waals surface area contributed by atoms with Crippen LogP contribution in [0.2, 0.25) is 0 Å². The number of nitrogens with zero attached hydrogens (tertiary/aromatic N) is 1. The van der Waals surface area contributed by atoms with Crippen molar-refractivity contribution < 1.29 is 64.5 Å². The Labute approximate surface area is 240 Å². The Morgan fingerprint density at radius 3 is 1.44 bits per heavy atom. The van der Waals surface area contributed by atoms with E-state index in [-0.39, 0.29) is 31.6 Å². The van der Waals surface area contributed by atoms with E-state index in [0.717, 1.165) is 20.3 Å². The minimum absolute atomic E-state index is 0.0337. The number of alkyl halides is 6. The molecule has 2 aromatic rings. The molecule has 0 amide bonds. The number of nitroso groups, excluding NO2 is 1. The first-order valence-electron chi connectivity index (χ1n) is 11.8. The summed E-state index contributed by atoms with van der Waals surface area (Å²) in [4.78, 5) is 57.4. The van der Waals surface area contributed by atoms with Crippen molar-refractivity contribution in [3.8, 4) is 0 Å². The fraction of sp³-hybridized carbons (Fsp3) is 0.385. The minimum Gasteiger partial charge on any atom is -0.465 e. The van der Waals surface area contributed by atoms with E-state index in [1.54, 1.807) is 0 Å². The lowest BCUT2D eigenvalue weighted by molar-refractivity contribution is -0.138. The maximum Gasteiger partial charge on any atom is 0.417 e. The number of ether oxygens (including phenoxy) is 4. The molecule has 0 aromatic heterocycles. The second-order valence-corrected chi connectivity index (χ2v) is 8.30. The van der Waals surface area contributed by atoms with Crippen LogP contribution in [0.3, 0.4) is 0 Å². The van der Waals surface area contributed by atoms with Crippen molar-refractivity contribution >= 4 is 34.9 Å². The first kappa shape index (κ1) is 36.6. The van der Waals surface area contributed by atoms with Crippen molar-refractivity contribution in [1.82, 2.24) is 0 Å². The van der Waals surface area contributed by atoms with Crippen LogP contribution in [0.4, 0.5) is 37.7 Å². The summed E-state index contributed by atoms with van der Waals surface area (Å²) in [6, 6.07) is 2.40. The fourth-order valence-electron chi connectivity index (χ4n) is 3.43. The van der Waals surface area contributed by atoms with E-state index >= 15 is 0 Å². The van der Waals surface area contributed by atoms with Crippen LogP contribution < -0.4 is 5.73 Å². The van der Waals surface area contributed by atoms with E-state index < -0.39 is 75.0 Å². The average molecular weight is 624 g/mol. The number of hydrogen-bond donors (Lipinski definition) is 1. The summed E-state index contributed by atoms with van der Waals surface area (Å²) in [6.07, 6.45) is -10.2. The number of ketones is 2. The molecule has 11 nitrogen and oxygen atoms in total. The molecule has 0 aliphatic heterocycles. The van der Waals surface area contributed by atoms with Crippen LogP contribution in [-0.2, 0) is 31.3 Å². The number of carbonyl (C=O) groups is 4. The third-order valence-electron chi connectivity index (χ3n) is 5.51. The van der Waals surface area contributed by atoms with E-state index in [1.807, 2.05) is 0 Å². The Kier molecular flexibility index (Phi) is 13.4. The van der Waals surface area contributed by atoms with Crippen molar-refractivity contribution in [3.05, 3.63) is 62.6 Å². The Bertz CT molecular complexity index is 1360. The van der Waals surface area contributed by atoms with E-state index in [0.29, 0.717) is 18.2 Å². The highest BCUT2D eigenvalue weighted by atomic mass is 19.4. The molecular weight excluding hydrogens is 598 g/mol. The van der Waals surface area contributed by atoms with Gasteiger partial charge in [-0.15, -0.1) is 4.91 Å². The second-order valence-electron chi connectivity index (χ2n) is 8.30. The number of methoxy groups -OCH3 is 4. The monoisotopic (exact) mass is 624 g/mol. The summed E-state index contributed by atoms with van der Waals surface area (Å²) >= 11 is 0. The van der Waals surface area contributed by atoms with Gasteiger partial charge in [-0.3, -0.25) is 9.59 Å². The number of nitrogens with two attached hydrogens (primary N) is 1. The van der Waals surface area contributed by atoms with Crippen molar-refractivity contribution in [3.63, 3.8) is 0 Å². The lowest BCUT2D eigenvalue weighted by Gasteiger charge is -2.15. The molecule has 0 saturated carbocycles. The van der Waals surface area contributed by atoms with Gasteiger partial charge < -0.3 is 24.7 Å². The zero-order valence-electron chi connectivity index (χ0n) is 23.1. The first-order chi connectivity index (χ1) is 20.0. The molecule has 17 heteroatoms. The molecule has 0 heterocycles. The molecule has 0 unspecified atom stereocenters. The SMILES string of the molecule is COCCC(=O)c1cc(C(=O)OC)c(N)cc1C(F)(F)F.COCCC(=O)c1cc(C(=O)OC)c(N=O)cc1C(F)(F)F. The van der Waals surface area contributed by atoms with Crippen LogP contribution in [-0.4, -0.2) is 65.2 Å². The molecule has 0 aliphatic carbocycles. The highest BCUT2D eigenvalue weighted by molar-refractivity contribution is 6.04. The van der Waals surface area contributed by atoms with Crippen LogP contribution in [0, 0.1) is 4.91 Å². The summed E-state index contributed by atoms with van der Waals surface area (Å²) in [5.74, 6) is -3.66. The summed E-state index contributed by atoms with van der Waals surface area (Å²) in [7, 11) is 4.66. The van der Waals surface area contributed by atoms with Gasteiger partial charge in [0, 0.05) is 43.9 Å². The lowest BCUT2D eigenvalue weighted by Crippen LogP contribution is -2.17. The number of Topliss-reactive ketones (excluding diaryl/α,β-unsaturated/α-hetero) is 2. The van der Waals surface area contributed by atoms with Gasteiger partial charge in [0.15, 0.2) is 11.6 Å². The van der Waals surface area contributed by atoms with Crippen molar-refractivity contribution in [2.24, 2.45) is 5.18 Å². The van der Waals surface area contributed by atoms with Gasteiger partial charge in [-0.05, 0) is 29.4 Å². The number of nitrogen functional groups attached to an aromatic ring is 1. The highest BCUT2D eigenvalue weighted by Crippen LogP contribution is 2.37. The molecule has 43 heavy (non-hydrogen) atoms. The van der Waals surface area contributed by atoms with Crippen molar-refractivity contribution in [2.45, 2.75) is 25.2 Å². The van der Waals surface area contributed by atoms with E-state index in [2.05, 4.69) is 24.1 Å². The molecule has 0 aliphatic rings. The number of esters is 2. The Balaban J connectivity index is 0.000000430. The number of anilines is 1. The van der Waals surface area contributed by atoms with Gasteiger partial charge in [0.2, 0.25) is 0 Å². The van der Waals surface area contributed by atoms with Crippen LogP contribution in [0.5, 0.6) is 0 Å². The zero-order chi connectivity index (χ0) is 33.1. The standard InChI is InChI=1S/C13H12F3NO5.C13H14F3NO4/c1-21-4-3-11(18)7-5-8(12(19)22-2)10(17-20)6-9(7)13(14,15)16;1-20-4-3-11(18)7-5-8(12(19)21-2)10(17)6-9(7)13(14,15)16/h5-6H,3-4H2,1-2H3;5-6H,3-4,17H2,1-2H3. The smallest absolute Gasteiger partial charge is 0.417 e. The average Bonchev–Trinajstić information content (AvgIpc) is 2.96. The predicted octanol–water partition coefficient (Wildman–Crippen LogP) is 5.40. The van der Waals surface area contributed by atoms with E-state index in [1.165, 1.54) is 14.2 Å². The number of halogens is 6. The van der Waals surface area contributed by atoms with Gasteiger partial charge in [-0.25, -0.2) is 9.59 Å². The molecule has 0 atom stereocenters. The molecule has 2 aromatic carbocycles. The molecule has 0 spiro atoms. The van der Waals surface area contributed by atoms with Crippen molar-refractivity contribution in [2.75, 3.05) is 47.4 Å². The third-order valence-corrected chi connectivity index (χ3v) is 5.51. The molecule has 2 rings (SSSR count). The Morgan fingerprint density at radius 2 is 1.07 bits per heavy atom. The topological polar surface area (TPSA) is 161 Å². The summed E-state index contributed by atoms with van der Waals surface area (Å²) < 4.78 is 96.1. The number of carbonyl (C=O) groups excluding carboxylic acids is 4. The number of rotatable bonds is 11. The van der Waals surface area contributed by atoms with E-state index in [9.17, 15) is 50.4 Å². The van der Waals surface area contributed by atoms with Gasteiger partial charge in [-0.1, -0.05) is 0 Å². The molecular formula is C26H26F6N2O9. The van der Waals surface area contributed by atoms with Gasteiger partial charge in [-0.2, -0.15) is 26.3 Å². The minimum atomic E-state index is -4.88. The van der Waals surface area contributed by atoms with Crippen LogP contribution in [0.15, 0.2) is 29.4 Å². The summed E-state index contributed by atoms with van der Waals surface area (Å²) in [5, 5.41) is 2.39. The molecule has 0 fully saturated rings. The quantitative estimate of drug-likeness (QED) is 0.113. The van der Waals surface area contributed by atoms with Crippen molar-refractivity contribution in [1.29, 1.82) is 0 Å². The number of hydrogen-bond acceptors (Lipinski definition) is 11. The Morgan fingerprint density at radius 1 is 0.674 bits per heavy atom. The van der Waals surface area contributed by atoms with Gasteiger partial charge >= 0.3 is 24.3 Å². The van der Waals surface area contributed by atoms with Crippen LogP contribution in [0.25, 0.3) is 0 Å². The summed E-state index contributed by atoms with van der Waals surface area (Å²) in [6.45, 7) is -0.120. The Hall–Kier alpha value is -4.38. The van der Waals surface area contributed by atoms with Crippen LogP contribution in [0.1, 0.15) is 65.4 Å². The molecule has 2 N–H and O–H groups in total. The zero-order valence-corrected chi connectivity index (χ0v) is 23.1. The maximum absolute atomic E-state index is 13.0. The largest absolute Gasteiger partial charge is 0.465 e. The molecule has 0 bridgehead atoms. The van der Waals surface area contributed by atoms with Gasteiger partial charge in [0.1, 0.15) is 5.69 Å². The fourth-order valence-corrected chi connectivity index (χ4v) is 3.43. The lowest BCUT2D eigenvalue weighted by atomic mass is 9.97. The van der Waals surface area contributed by atoms with Gasteiger partial charge in [0.25, 0.3) is 0 Å². The first-order valence-corrected chi connectivity index (χ1v) is 11.8. The van der Waals surface area contributed by atoms with Gasteiger partial charge in [0.05, 0.1) is 49.7 Å². The highest BCUT2D eigenvalue weighted by Gasteiger charge is 2.38. The van der Waals surface area contributed by atoms with Crippen LogP contribution >= 0.6 is 0 Å². The third kappa shape index (κ3) is 9.85. The van der Waals surface area contributed by atoms with E-state index in [4.69, 9.17) is 5.73 Å². The normalized spacial score (nSPS) is 11.2. The molecule has 0 saturated heterocycles. The maximum atomic E-state index is 13.0. The number of benzene rings is 2. The summed E-state index contributed by atoms with van der Waals surface area (Å²) in [5.41, 5.74) is -0.412. The predicted molar refractivity (Wildman–Crippen MR) is 137 cm³/mol. The second kappa shape index (κ2) is 15.7. The molecule has 236 valence electrons.